The predicted molar refractivity (Wildman–Crippen MR) is 54.5 cm³/mol. The molecule has 1 aliphatic heterocycles. The SMILES string of the molecule is CCC(C)CN1CCN(COC)C1. The summed E-state index contributed by atoms with van der Waals surface area (Å²) in [7, 11) is 1.76. The van der Waals surface area contributed by atoms with Crippen LogP contribution >= 0.6 is 0 Å². The van der Waals surface area contributed by atoms with Crippen LogP contribution < -0.4 is 0 Å². The molecule has 0 aromatic rings. The summed E-state index contributed by atoms with van der Waals surface area (Å²) in [4.78, 5) is 4.84. The molecule has 1 atom stereocenters. The largest absolute Gasteiger partial charge is 0.369 e. The molecule has 0 aliphatic carbocycles. The first-order valence-corrected chi connectivity index (χ1v) is 5.20. The van der Waals surface area contributed by atoms with Crippen molar-refractivity contribution in [2.45, 2.75) is 20.3 Å². The van der Waals surface area contributed by atoms with E-state index in [4.69, 9.17) is 4.74 Å². The first kappa shape index (κ1) is 11.0. The monoisotopic (exact) mass is 186 g/mol. The van der Waals surface area contributed by atoms with Crippen LogP contribution in [-0.4, -0.2) is 49.9 Å². The van der Waals surface area contributed by atoms with Crippen LogP contribution in [0.3, 0.4) is 0 Å². The van der Waals surface area contributed by atoms with Crippen LogP contribution in [0.4, 0.5) is 0 Å². The molecule has 3 heteroatoms. The summed E-state index contributed by atoms with van der Waals surface area (Å²) >= 11 is 0. The molecule has 0 aromatic heterocycles. The molecule has 1 saturated heterocycles. The van der Waals surface area contributed by atoms with E-state index in [1.807, 2.05) is 0 Å². The zero-order valence-corrected chi connectivity index (χ0v) is 9.12. The zero-order valence-electron chi connectivity index (χ0n) is 9.12. The highest BCUT2D eigenvalue weighted by Gasteiger charge is 2.20. The first-order chi connectivity index (χ1) is 6.26. The van der Waals surface area contributed by atoms with Crippen molar-refractivity contribution in [1.29, 1.82) is 0 Å². The molecular weight excluding hydrogens is 164 g/mol. The molecule has 78 valence electrons. The number of nitrogens with zero attached hydrogens (tertiary/aromatic N) is 2. The van der Waals surface area contributed by atoms with Crippen LogP contribution in [-0.2, 0) is 4.74 Å². The molecule has 0 spiro atoms. The number of methoxy groups -OCH3 is 1. The minimum Gasteiger partial charge on any atom is -0.369 e. The summed E-state index contributed by atoms with van der Waals surface area (Å²) in [6, 6.07) is 0. The zero-order chi connectivity index (χ0) is 9.68. The fourth-order valence-electron chi connectivity index (χ4n) is 1.71. The Bertz CT molecular complexity index is 141. The van der Waals surface area contributed by atoms with Gasteiger partial charge in [0.05, 0.1) is 13.4 Å². The molecule has 1 rings (SSSR count). The van der Waals surface area contributed by atoms with E-state index in [-0.39, 0.29) is 0 Å². The minimum atomic E-state index is 0.775. The van der Waals surface area contributed by atoms with Gasteiger partial charge in [-0.15, -0.1) is 0 Å². The summed E-state index contributed by atoms with van der Waals surface area (Å²) in [5.41, 5.74) is 0. The number of rotatable bonds is 5. The van der Waals surface area contributed by atoms with Gasteiger partial charge in [-0.3, -0.25) is 9.80 Å². The third-order valence-electron chi connectivity index (χ3n) is 2.71. The molecule has 13 heavy (non-hydrogen) atoms. The second-order valence-electron chi connectivity index (χ2n) is 4.04. The first-order valence-electron chi connectivity index (χ1n) is 5.20. The third-order valence-corrected chi connectivity index (χ3v) is 2.71. The Morgan fingerprint density at radius 1 is 1.31 bits per heavy atom. The van der Waals surface area contributed by atoms with Gasteiger partial charge in [0.2, 0.25) is 0 Å². The summed E-state index contributed by atoms with van der Waals surface area (Å²) in [5, 5.41) is 0. The van der Waals surface area contributed by atoms with E-state index in [0.29, 0.717) is 0 Å². The van der Waals surface area contributed by atoms with Crippen molar-refractivity contribution in [2.24, 2.45) is 5.92 Å². The molecule has 0 amide bonds. The maximum atomic E-state index is 5.10. The lowest BCUT2D eigenvalue weighted by atomic mass is 10.1. The third kappa shape index (κ3) is 3.63. The van der Waals surface area contributed by atoms with Crippen LogP contribution in [0.2, 0.25) is 0 Å². The van der Waals surface area contributed by atoms with Gasteiger partial charge in [0.15, 0.2) is 0 Å². The van der Waals surface area contributed by atoms with Crippen LogP contribution in [0.25, 0.3) is 0 Å². The second-order valence-corrected chi connectivity index (χ2v) is 4.04. The quantitative estimate of drug-likeness (QED) is 0.642. The average Bonchev–Trinajstić information content (AvgIpc) is 2.53. The Labute approximate surface area is 81.7 Å². The highest BCUT2D eigenvalue weighted by Crippen LogP contribution is 2.09. The van der Waals surface area contributed by atoms with Crippen molar-refractivity contribution >= 4 is 0 Å². The molecule has 1 unspecified atom stereocenters. The average molecular weight is 186 g/mol. The minimum absolute atomic E-state index is 0.775. The van der Waals surface area contributed by atoms with Gasteiger partial charge in [0, 0.05) is 26.7 Å². The van der Waals surface area contributed by atoms with E-state index in [1.54, 1.807) is 7.11 Å². The van der Waals surface area contributed by atoms with Gasteiger partial charge in [0.25, 0.3) is 0 Å². The maximum absolute atomic E-state index is 5.10. The Morgan fingerprint density at radius 2 is 2.00 bits per heavy atom. The maximum Gasteiger partial charge on any atom is 0.0997 e. The lowest BCUT2D eigenvalue weighted by Gasteiger charge is -2.20. The van der Waals surface area contributed by atoms with Crippen molar-refractivity contribution in [1.82, 2.24) is 9.80 Å². The summed E-state index contributed by atoms with van der Waals surface area (Å²) in [5.74, 6) is 0.822. The smallest absolute Gasteiger partial charge is 0.0997 e. The standard InChI is InChI=1S/C10H22N2O/c1-4-10(2)7-11-5-6-12(8-11)9-13-3/h10H,4-9H2,1-3H3. The van der Waals surface area contributed by atoms with Crippen LogP contribution in [0, 0.1) is 5.92 Å². The lowest BCUT2D eigenvalue weighted by Crippen LogP contribution is -2.29. The molecule has 0 saturated carbocycles. The Hall–Kier alpha value is -0.120. The van der Waals surface area contributed by atoms with E-state index in [2.05, 4.69) is 23.6 Å². The number of hydrogen-bond acceptors (Lipinski definition) is 3. The summed E-state index contributed by atoms with van der Waals surface area (Å²) < 4.78 is 5.10. The lowest BCUT2D eigenvalue weighted by molar-refractivity contribution is 0.0662. The van der Waals surface area contributed by atoms with Gasteiger partial charge in [0.1, 0.15) is 0 Å². The van der Waals surface area contributed by atoms with Gasteiger partial charge >= 0.3 is 0 Å². The highest BCUT2D eigenvalue weighted by molar-refractivity contribution is 4.70. The van der Waals surface area contributed by atoms with E-state index in [9.17, 15) is 0 Å². The topological polar surface area (TPSA) is 15.7 Å². The Kier molecular flexibility index (Phi) is 4.70. The molecule has 1 heterocycles. The van der Waals surface area contributed by atoms with Crippen molar-refractivity contribution in [3.8, 4) is 0 Å². The second kappa shape index (κ2) is 5.58. The molecule has 3 nitrogen and oxygen atoms in total. The van der Waals surface area contributed by atoms with E-state index in [1.165, 1.54) is 19.5 Å². The molecule has 0 radical (unpaired) electrons. The van der Waals surface area contributed by atoms with Crippen molar-refractivity contribution < 1.29 is 4.74 Å². The van der Waals surface area contributed by atoms with E-state index in [0.717, 1.165) is 25.9 Å². The van der Waals surface area contributed by atoms with Gasteiger partial charge in [-0.05, 0) is 5.92 Å². The number of ether oxygens (including phenoxy) is 1. The van der Waals surface area contributed by atoms with Gasteiger partial charge in [-0.2, -0.15) is 0 Å². The number of hydrogen-bond donors (Lipinski definition) is 0. The molecule has 0 bridgehead atoms. The molecule has 1 aliphatic rings. The fourth-order valence-corrected chi connectivity index (χ4v) is 1.71. The molecule has 0 N–H and O–H groups in total. The fraction of sp³-hybridized carbons (Fsp3) is 1.00. The Balaban J connectivity index is 2.17. The highest BCUT2D eigenvalue weighted by atomic mass is 16.5. The van der Waals surface area contributed by atoms with Crippen molar-refractivity contribution in [2.75, 3.05) is 40.1 Å². The normalized spacial score (nSPS) is 22.4. The molecule has 1 fully saturated rings. The van der Waals surface area contributed by atoms with E-state index < -0.39 is 0 Å². The Morgan fingerprint density at radius 3 is 2.62 bits per heavy atom. The summed E-state index contributed by atoms with van der Waals surface area (Å²) in [6.45, 7) is 10.0. The van der Waals surface area contributed by atoms with E-state index >= 15 is 0 Å². The van der Waals surface area contributed by atoms with Crippen molar-refractivity contribution in [3.05, 3.63) is 0 Å². The summed E-state index contributed by atoms with van der Waals surface area (Å²) in [6.07, 6.45) is 1.28. The van der Waals surface area contributed by atoms with Gasteiger partial charge < -0.3 is 4.74 Å². The van der Waals surface area contributed by atoms with Crippen LogP contribution in [0.1, 0.15) is 20.3 Å². The van der Waals surface area contributed by atoms with Crippen LogP contribution in [0.15, 0.2) is 0 Å². The van der Waals surface area contributed by atoms with Gasteiger partial charge in [-0.1, -0.05) is 20.3 Å². The molecular formula is C10H22N2O. The molecule has 0 aromatic carbocycles. The van der Waals surface area contributed by atoms with Crippen LogP contribution in [0.5, 0.6) is 0 Å². The van der Waals surface area contributed by atoms with Crippen molar-refractivity contribution in [3.63, 3.8) is 0 Å². The predicted octanol–water partition coefficient (Wildman–Crippen LogP) is 1.21. The van der Waals surface area contributed by atoms with Gasteiger partial charge in [-0.25, -0.2) is 0 Å².